The lowest BCUT2D eigenvalue weighted by atomic mass is 10.4. The minimum Gasteiger partial charge on any atom is -0.284 e. The van der Waals surface area contributed by atoms with E-state index in [2.05, 4.69) is 0 Å². The number of carbonyl (C=O) groups excluding carboxylic acids is 1. The quantitative estimate of drug-likeness (QED) is 0.444. The largest absolute Gasteiger partial charge is 0.433 e. The second-order valence-electron chi connectivity index (χ2n) is 1.94. The SMILES string of the molecule is O=C(C(F)(F)P)C(F)(F)S(=O)(=O)O. The third kappa shape index (κ3) is 2.58. The summed E-state index contributed by atoms with van der Waals surface area (Å²) < 4.78 is 75.4. The zero-order valence-corrected chi connectivity index (χ0v) is 7.64. The number of hydrogen-bond donors (Lipinski definition) is 1. The highest BCUT2D eigenvalue weighted by molar-refractivity contribution is 7.87. The van der Waals surface area contributed by atoms with Crippen LogP contribution in [0.25, 0.3) is 0 Å². The van der Waals surface area contributed by atoms with Gasteiger partial charge in [0.05, 0.1) is 0 Å². The Morgan fingerprint density at radius 2 is 1.54 bits per heavy atom. The predicted octanol–water partition coefficient (Wildman–Crippen LogP) is 0.504. The molecule has 0 bridgehead atoms. The van der Waals surface area contributed by atoms with Gasteiger partial charge in [0.25, 0.3) is 5.78 Å². The van der Waals surface area contributed by atoms with Gasteiger partial charge in [0.1, 0.15) is 0 Å². The van der Waals surface area contributed by atoms with E-state index in [9.17, 15) is 30.8 Å². The van der Waals surface area contributed by atoms with Gasteiger partial charge in [-0.1, -0.05) is 9.24 Å². The normalized spacial score (nSPS) is 14.3. The van der Waals surface area contributed by atoms with Gasteiger partial charge in [0.2, 0.25) is 0 Å². The van der Waals surface area contributed by atoms with Crippen molar-refractivity contribution in [2.75, 3.05) is 0 Å². The molecule has 13 heavy (non-hydrogen) atoms. The lowest BCUT2D eigenvalue weighted by Crippen LogP contribution is -2.44. The molecule has 0 aromatic rings. The van der Waals surface area contributed by atoms with Crippen LogP contribution in [0, 0.1) is 0 Å². The number of hydrogen-bond acceptors (Lipinski definition) is 3. The van der Waals surface area contributed by atoms with E-state index >= 15 is 0 Å². The maximum absolute atomic E-state index is 12.1. The van der Waals surface area contributed by atoms with Crippen LogP contribution in [0.15, 0.2) is 0 Å². The molecular weight excluding hydrogens is 239 g/mol. The van der Waals surface area contributed by atoms with E-state index in [1.807, 2.05) is 0 Å². The van der Waals surface area contributed by atoms with Crippen molar-refractivity contribution in [3.63, 3.8) is 0 Å². The third-order valence-corrected chi connectivity index (χ3v) is 1.99. The summed E-state index contributed by atoms with van der Waals surface area (Å²) >= 11 is 0. The van der Waals surface area contributed by atoms with Crippen molar-refractivity contribution in [3.8, 4) is 0 Å². The standard InChI is InChI=1S/C3H3F4O4PS/c4-2(5,12)1(8)3(6,7)13(9,10)11/h12H2,(H,9,10,11). The highest BCUT2D eigenvalue weighted by Gasteiger charge is 2.60. The molecule has 0 aliphatic carbocycles. The number of alkyl halides is 4. The van der Waals surface area contributed by atoms with Gasteiger partial charge < -0.3 is 0 Å². The zero-order valence-electron chi connectivity index (χ0n) is 5.67. The lowest BCUT2D eigenvalue weighted by Gasteiger charge is -2.15. The van der Waals surface area contributed by atoms with Gasteiger partial charge in [-0.2, -0.15) is 26.0 Å². The summed E-state index contributed by atoms with van der Waals surface area (Å²) in [6.45, 7) is 0. The second kappa shape index (κ2) is 3.14. The molecule has 1 N–H and O–H groups in total. The van der Waals surface area contributed by atoms with E-state index in [1.54, 1.807) is 0 Å². The first-order valence-electron chi connectivity index (χ1n) is 2.47. The zero-order chi connectivity index (χ0) is 11.1. The molecule has 78 valence electrons. The van der Waals surface area contributed by atoms with Crippen LogP contribution in [0.4, 0.5) is 17.6 Å². The number of halogens is 4. The Morgan fingerprint density at radius 1 is 1.23 bits per heavy atom. The summed E-state index contributed by atoms with van der Waals surface area (Å²) in [6.07, 6.45) is 0. The highest BCUT2D eigenvalue weighted by atomic mass is 32.2. The van der Waals surface area contributed by atoms with E-state index in [1.165, 1.54) is 0 Å². The molecule has 1 unspecified atom stereocenters. The first kappa shape index (κ1) is 12.7. The highest BCUT2D eigenvalue weighted by Crippen LogP contribution is 2.34. The minimum absolute atomic E-state index is 0.437. The molecule has 0 radical (unpaired) electrons. The molecule has 4 nitrogen and oxygen atoms in total. The van der Waals surface area contributed by atoms with Crippen molar-refractivity contribution in [1.82, 2.24) is 0 Å². The van der Waals surface area contributed by atoms with Gasteiger partial charge in [-0.05, 0) is 0 Å². The summed E-state index contributed by atoms with van der Waals surface area (Å²) in [6, 6.07) is 0. The van der Waals surface area contributed by atoms with Gasteiger partial charge in [-0.15, -0.1) is 0 Å². The van der Waals surface area contributed by atoms with Crippen LogP contribution in [0.2, 0.25) is 0 Å². The molecule has 0 saturated carbocycles. The Bertz CT molecular complexity index is 317. The van der Waals surface area contributed by atoms with E-state index in [-0.39, 0.29) is 0 Å². The van der Waals surface area contributed by atoms with Gasteiger partial charge in [0.15, 0.2) is 0 Å². The smallest absolute Gasteiger partial charge is 0.284 e. The van der Waals surface area contributed by atoms with Crippen LogP contribution in [0.5, 0.6) is 0 Å². The fourth-order valence-corrected chi connectivity index (χ4v) is 0.967. The molecule has 0 aromatic heterocycles. The fourth-order valence-electron chi connectivity index (χ4n) is 0.311. The Hall–Kier alpha value is -0.270. The van der Waals surface area contributed by atoms with Crippen molar-refractivity contribution in [3.05, 3.63) is 0 Å². The average Bonchev–Trinajstić information content (AvgIpc) is 1.81. The molecule has 0 saturated heterocycles. The van der Waals surface area contributed by atoms with Crippen molar-refractivity contribution < 1.29 is 35.3 Å². The van der Waals surface area contributed by atoms with Crippen LogP contribution >= 0.6 is 9.24 Å². The molecule has 0 rings (SSSR count). The molecule has 0 amide bonds. The van der Waals surface area contributed by atoms with Gasteiger partial charge in [-0.3, -0.25) is 9.35 Å². The Balaban J connectivity index is 5.23. The van der Waals surface area contributed by atoms with Gasteiger partial charge in [-0.25, -0.2) is 0 Å². The van der Waals surface area contributed by atoms with E-state index in [4.69, 9.17) is 4.55 Å². The van der Waals surface area contributed by atoms with Crippen molar-refractivity contribution in [2.24, 2.45) is 0 Å². The molecule has 0 aliphatic rings. The predicted molar refractivity (Wildman–Crippen MR) is 36.2 cm³/mol. The molecule has 0 spiro atoms. The Kier molecular flexibility index (Phi) is 3.08. The summed E-state index contributed by atoms with van der Waals surface area (Å²) in [4.78, 5) is 10.1. The number of ketones is 1. The van der Waals surface area contributed by atoms with Crippen LogP contribution in [-0.2, 0) is 14.9 Å². The van der Waals surface area contributed by atoms with E-state index in [0.717, 1.165) is 0 Å². The number of carbonyl (C=O) groups is 1. The lowest BCUT2D eigenvalue weighted by molar-refractivity contribution is -0.148. The minimum atomic E-state index is -6.16. The summed E-state index contributed by atoms with van der Waals surface area (Å²) in [5.41, 5.74) is -4.61. The maximum atomic E-state index is 12.1. The van der Waals surface area contributed by atoms with Crippen molar-refractivity contribution in [2.45, 2.75) is 10.9 Å². The first-order valence-corrected chi connectivity index (χ1v) is 4.49. The van der Waals surface area contributed by atoms with E-state index in [0.29, 0.717) is 9.24 Å². The van der Waals surface area contributed by atoms with Crippen LogP contribution in [-0.4, -0.2) is 29.7 Å². The van der Waals surface area contributed by atoms with Crippen LogP contribution < -0.4 is 0 Å². The summed E-state index contributed by atoms with van der Waals surface area (Å²) in [5, 5.41) is -5.50. The Labute approximate surface area is 72.3 Å². The molecule has 0 aromatic carbocycles. The van der Waals surface area contributed by atoms with Crippen LogP contribution in [0.1, 0.15) is 0 Å². The monoisotopic (exact) mass is 242 g/mol. The summed E-state index contributed by atoms with van der Waals surface area (Å²) in [7, 11) is -5.72. The topological polar surface area (TPSA) is 71.4 Å². The molecule has 10 heteroatoms. The molecule has 1 atom stereocenters. The van der Waals surface area contributed by atoms with Gasteiger partial charge in [0, 0.05) is 0 Å². The number of rotatable bonds is 3. The van der Waals surface area contributed by atoms with E-state index < -0.39 is 26.8 Å². The van der Waals surface area contributed by atoms with Crippen LogP contribution in [0.3, 0.4) is 0 Å². The first-order chi connectivity index (χ1) is 5.40. The number of Topliss-reactive ketones (excluding diaryl/α,β-unsaturated/α-hetero) is 1. The maximum Gasteiger partial charge on any atom is 0.433 e. The molecular formula is C3H3F4O4PS. The summed E-state index contributed by atoms with van der Waals surface area (Å²) in [5.74, 6) is -3.20. The van der Waals surface area contributed by atoms with Crippen molar-refractivity contribution in [1.29, 1.82) is 0 Å². The van der Waals surface area contributed by atoms with Gasteiger partial charge >= 0.3 is 21.0 Å². The Morgan fingerprint density at radius 3 is 1.62 bits per heavy atom. The second-order valence-corrected chi connectivity index (χ2v) is 4.13. The average molecular weight is 242 g/mol. The fraction of sp³-hybridized carbons (Fsp3) is 0.667. The van der Waals surface area contributed by atoms with Crippen molar-refractivity contribution >= 4 is 25.1 Å². The molecule has 0 aliphatic heterocycles. The third-order valence-electron chi connectivity index (χ3n) is 0.891. The molecule has 0 heterocycles. The molecule has 0 fully saturated rings.